The summed E-state index contributed by atoms with van der Waals surface area (Å²) in [5.41, 5.74) is 1.27. The molecule has 0 fully saturated rings. The van der Waals surface area contributed by atoms with Crippen molar-refractivity contribution < 1.29 is 4.74 Å². The molecule has 2 rings (SSSR count). The number of hydrogen-bond acceptors (Lipinski definition) is 3. The van der Waals surface area contributed by atoms with Gasteiger partial charge in [-0.25, -0.2) is 0 Å². The Morgan fingerprint density at radius 1 is 1.46 bits per heavy atom. The van der Waals surface area contributed by atoms with Crippen LogP contribution in [0.25, 0.3) is 11.0 Å². The third kappa shape index (κ3) is 1.18. The lowest BCUT2D eigenvalue weighted by Crippen LogP contribution is -2.08. The van der Waals surface area contributed by atoms with E-state index in [1.807, 2.05) is 6.92 Å². The number of rotatable bonds is 1. The van der Waals surface area contributed by atoms with Crippen LogP contribution in [-0.4, -0.2) is 22.1 Å². The van der Waals surface area contributed by atoms with Crippen LogP contribution in [0.15, 0.2) is 10.9 Å². The van der Waals surface area contributed by atoms with Crippen molar-refractivity contribution in [3.63, 3.8) is 0 Å². The third-order valence-electron chi connectivity index (χ3n) is 1.80. The average molecular weight is 179 g/mol. The van der Waals surface area contributed by atoms with Crippen LogP contribution in [-0.2, 0) is 0 Å². The second-order valence-electron chi connectivity index (χ2n) is 2.79. The van der Waals surface area contributed by atoms with Crippen LogP contribution in [0.4, 0.5) is 0 Å². The Kier molecular flexibility index (Phi) is 1.58. The first-order chi connectivity index (χ1) is 6.20. The molecule has 0 unspecified atom stereocenters. The quantitative estimate of drug-likeness (QED) is 0.672. The van der Waals surface area contributed by atoms with E-state index < -0.39 is 0 Å². The minimum atomic E-state index is -0.189. The fourth-order valence-electron chi connectivity index (χ4n) is 1.23. The minimum absolute atomic E-state index is 0.189. The highest BCUT2D eigenvalue weighted by molar-refractivity contribution is 5.75. The molecule has 0 aromatic carbocycles. The number of aromatic nitrogens is 3. The highest BCUT2D eigenvalue weighted by Crippen LogP contribution is 2.09. The molecule has 0 atom stereocenters. The fraction of sp³-hybridized carbons (Fsp3) is 0.250. The van der Waals surface area contributed by atoms with Crippen molar-refractivity contribution in [2.24, 2.45) is 0 Å². The van der Waals surface area contributed by atoms with E-state index in [2.05, 4.69) is 15.0 Å². The summed E-state index contributed by atoms with van der Waals surface area (Å²) in [6, 6.07) is 1.97. The van der Waals surface area contributed by atoms with E-state index in [9.17, 15) is 4.79 Å². The summed E-state index contributed by atoms with van der Waals surface area (Å²) in [6.45, 7) is 1.87. The first-order valence-electron chi connectivity index (χ1n) is 3.84. The Hall–Kier alpha value is -1.78. The van der Waals surface area contributed by atoms with Gasteiger partial charge >= 0.3 is 0 Å². The van der Waals surface area contributed by atoms with E-state index in [1.54, 1.807) is 6.07 Å². The first kappa shape index (κ1) is 7.85. The zero-order chi connectivity index (χ0) is 9.42. The van der Waals surface area contributed by atoms with Crippen molar-refractivity contribution in [3.8, 4) is 6.01 Å². The second kappa shape index (κ2) is 2.62. The molecule has 0 amide bonds. The molecule has 13 heavy (non-hydrogen) atoms. The smallest absolute Gasteiger partial charge is 0.298 e. The molecule has 0 bridgehead atoms. The summed E-state index contributed by atoms with van der Waals surface area (Å²) in [6.07, 6.45) is 0. The summed E-state index contributed by atoms with van der Waals surface area (Å²) in [7, 11) is 1.46. The number of aryl methyl sites for hydroxylation is 1. The second-order valence-corrected chi connectivity index (χ2v) is 2.79. The van der Waals surface area contributed by atoms with Gasteiger partial charge in [0.1, 0.15) is 5.65 Å². The SMILES string of the molecule is COc1nc2[nH]c(C)cc2c(=O)[nH]1. The fourth-order valence-corrected chi connectivity index (χ4v) is 1.23. The Morgan fingerprint density at radius 3 is 2.92 bits per heavy atom. The van der Waals surface area contributed by atoms with Crippen molar-refractivity contribution in [2.75, 3.05) is 7.11 Å². The van der Waals surface area contributed by atoms with Gasteiger partial charge in [-0.1, -0.05) is 0 Å². The van der Waals surface area contributed by atoms with Gasteiger partial charge < -0.3 is 9.72 Å². The van der Waals surface area contributed by atoms with Crippen LogP contribution in [0.1, 0.15) is 5.69 Å². The molecule has 0 radical (unpaired) electrons. The molecule has 5 nitrogen and oxygen atoms in total. The van der Waals surface area contributed by atoms with Gasteiger partial charge in [0.15, 0.2) is 0 Å². The van der Waals surface area contributed by atoms with E-state index >= 15 is 0 Å². The van der Waals surface area contributed by atoms with Crippen LogP contribution < -0.4 is 10.3 Å². The molecule has 2 heterocycles. The number of hydrogen-bond donors (Lipinski definition) is 2. The molecule has 0 aliphatic carbocycles. The van der Waals surface area contributed by atoms with Crippen molar-refractivity contribution >= 4 is 11.0 Å². The zero-order valence-corrected chi connectivity index (χ0v) is 7.34. The monoisotopic (exact) mass is 179 g/mol. The van der Waals surface area contributed by atoms with Crippen LogP contribution in [0, 0.1) is 6.92 Å². The van der Waals surface area contributed by atoms with E-state index in [-0.39, 0.29) is 11.6 Å². The number of nitrogens with zero attached hydrogens (tertiary/aromatic N) is 1. The summed E-state index contributed by atoms with van der Waals surface area (Å²) >= 11 is 0. The standard InChI is InChI=1S/C8H9N3O2/c1-4-3-5-6(9-4)10-8(13-2)11-7(5)12/h3H,1-2H3,(H2,9,10,11,12). The number of ether oxygens (including phenoxy) is 1. The molecule has 0 spiro atoms. The molecule has 2 aromatic heterocycles. The molecule has 0 aliphatic rings. The largest absolute Gasteiger partial charge is 0.468 e. The maximum Gasteiger partial charge on any atom is 0.298 e. The van der Waals surface area contributed by atoms with Gasteiger partial charge in [0, 0.05) is 5.69 Å². The normalized spacial score (nSPS) is 10.6. The number of fused-ring (bicyclic) bond motifs is 1. The number of aromatic amines is 2. The third-order valence-corrected chi connectivity index (χ3v) is 1.80. The maximum absolute atomic E-state index is 11.4. The van der Waals surface area contributed by atoms with Crippen LogP contribution in [0.2, 0.25) is 0 Å². The van der Waals surface area contributed by atoms with E-state index in [0.717, 1.165) is 5.69 Å². The Balaban J connectivity index is 2.83. The van der Waals surface area contributed by atoms with Gasteiger partial charge in [-0.2, -0.15) is 4.98 Å². The number of methoxy groups -OCH3 is 1. The Bertz CT molecular complexity index is 498. The predicted octanol–water partition coefficient (Wildman–Crippen LogP) is 0.568. The summed E-state index contributed by atoms with van der Waals surface area (Å²) in [5, 5.41) is 0.554. The molecule has 0 aliphatic heterocycles. The number of H-pyrrole nitrogens is 2. The van der Waals surface area contributed by atoms with Crippen LogP contribution >= 0.6 is 0 Å². The lowest BCUT2D eigenvalue weighted by atomic mass is 10.4. The van der Waals surface area contributed by atoms with Crippen LogP contribution in [0.3, 0.4) is 0 Å². The van der Waals surface area contributed by atoms with Crippen molar-refractivity contribution in [1.82, 2.24) is 15.0 Å². The van der Waals surface area contributed by atoms with Crippen LogP contribution in [0.5, 0.6) is 6.01 Å². The Morgan fingerprint density at radius 2 is 2.23 bits per heavy atom. The van der Waals surface area contributed by atoms with E-state index in [4.69, 9.17) is 4.74 Å². The molecular weight excluding hydrogens is 170 g/mol. The molecule has 0 saturated carbocycles. The highest BCUT2D eigenvalue weighted by Gasteiger charge is 2.05. The van der Waals surface area contributed by atoms with Gasteiger partial charge in [0.2, 0.25) is 0 Å². The molecule has 5 heteroatoms. The van der Waals surface area contributed by atoms with Gasteiger partial charge in [0.05, 0.1) is 12.5 Å². The maximum atomic E-state index is 11.4. The molecule has 0 saturated heterocycles. The Labute approximate surface area is 73.8 Å². The summed E-state index contributed by atoms with van der Waals surface area (Å²) in [4.78, 5) is 20.9. The summed E-state index contributed by atoms with van der Waals surface area (Å²) in [5.74, 6) is 0. The molecule has 2 N–H and O–H groups in total. The molecule has 2 aromatic rings. The highest BCUT2D eigenvalue weighted by atomic mass is 16.5. The van der Waals surface area contributed by atoms with Crippen molar-refractivity contribution in [2.45, 2.75) is 6.92 Å². The van der Waals surface area contributed by atoms with E-state index in [1.165, 1.54) is 7.11 Å². The topological polar surface area (TPSA) is 70.8 Å². The zero-order valence-electron chi connectivity index (χ0n) is 7.34. The van der Waals surface area contributed by atoms with Gasteiger partial charge in [-0.15, -0.1) is 0 Å². The van der Waals surface area contributed by atoms with E-state index in [0.29, 0.717) is 11.0 Å². The van der Waals surface area contributed by atoms with Crippen molar-refractivity contribution in [3.05, 3.63) is 22.1 Å². The molecule has 68 valence electrons. The summed E-state index contributed by atoms with van der Waals surface area (Å²) < 4.78 is 4.83. The van der Waals surface area contributed by atoms with Gasteiger partial charge in [0.25, 0.3) is 11.6 Å². The van der Waals surface area contributed by atoms with Gasteiger partial charge in [-0.3, -0.25) is 9.78 Å². The lowest BCUT2D eigenvalue weighted by molar-refractivity contribution is 0.380. The first-order valence-corrected chi connectivity index (χ1v) is 3.84. The predicted molar refractivity (Wildman–Crippen MR) is 48.0 cm³/mol. The van der Waals surface area contributed by atoms with Gasteiger partial charge in [-0.05, 0) is 13.0 Å². The lowest BCUT2D eigenvalue weighted by Gasteiger charge is -1.96. The number of nitrogens with one attached hydrogen (secondary N) is 2. The average Bonchev–Trinajstić information content (AvgIpc) is 2.46. The molecular formula is C8H9N3O2. The van der Waals surface area contributed by atoms with Crippen molar-refractivity contribution in [1.29, 1.82) is 0 Å². The minimum Gasteiger partial charge on any atom is -0.468 e.